The second-order valence-corrected chi connectivity index (χ2v) is 4.68. The van der Waals surface area contributed by atoms with Crippen LogP contribution in [0.15, 0.2) is 12.1 Å². The smallest absolute Gasteiger partial charge is 0.234 e. The van der Waals surface area contributed by atoms with Gasteiger partial charge in [0.05, 0.1) is 13.7 Å². The third-order valence-corrected chi connectivity index (χ3v) is 2.78. The van der Waals surface area contributed by atoms with E-state index in [1.807, 2.05) is 6.92 Å². The summed E-state index contributed by atoms with van der Waals surface area (Å²) >= 11 is 5.95. The van der Waals surface area contributed by atoms with Gasteiger partial charge >= 0.3 is 0 Å². The van der Waals surface area contributed by atoms with Gasteiger partial charge in [-0.3, -0.25) is 9.69 Å². The molecule has 0 atom stereocenters. The number of methoxy groups -OCH3 is 1. The van der Waals surface area contributed by atoms with Gasteiger partial charge in [-0.2, -0.15) is 0 Å². The molecule has 1 rings (SSSR count). The Hall–Kier alpha value is -1.46. The summed E-state index contributed by atoms with van der Waals surface area (Å²) in [6, 6.07) is 3.21. The summed E-state index contributed by atoms with van der Waals surface area (Å²) in [6.45, 7) is 3.12. The van der Waals surface area contributed by atoms with Crippen molar-refractivity contribution in [2.24, 2.45) is 0 Å². The Labute approximate surface area is 118 Å². The zero-order chi connectivity index (χ0) is 14.4. The van der Waals surface area contributed by atoms with Crippen LogP contribution in [0, 0.1) is 0 Å². The van der Waals surface area contributed by atoms with Crippen molar-refractivity contribution in [1.29, 1.82) is 0 Å². The summed E-state index contributed by atoms with van der Waals surface area (Å²) in [5, 5.41) is 13.2. The van der Waals surface area contributed by atoms with Gasteiger partial charge in [0.1, 0.15) is 0 Å². The van der Waals surface area contributed by atoms with Gasteiger partial charge in [-0.1, -0.05) is 11.6 Å². The average Bonchev–Trinajstić information content (AvgIpc) is 2.33. The molecule has 0 fully saturated rings. The molecule has 106 valence electrons. The summed E-state index contributed by atoms with van der Waals surface area (Å²) in [5.74, 6) is 0.321. The van der Waals surface area contributed by atoms with E-state index < -0.39 is 0 Å². The lowest BCUT2D eigenvalue weighted by Crippen LogP contribution is -2.34. The van der Waals surface area contributed by atoms with Gasteiger partial charge in [0.25, 0.3) is 0 Å². The molecule has 0 radical (unpaired) electrons. The molecule has 0 heterocycles. The van der Waals surface area contributed by atoms with E-state index in [1.54, 1.807) is 24.1 Å². The molecule has 5 nitrogen and oxygen atoms in total. The predicted octanol–water partition coefficient (Wildman–Crippen LogP) is 1.62. The van der Waals surface area contributed by atoms with Crippen molar-refractivity contribution in [2.45, 2.75) is 13.5 Å². The summed E-state index contributed by atoms with van der Waals surface area (Å²) in [5.41, 5.74) is 0.621. The first-order valence-corrected chi connectivity index (χ1v) is 6.36. The number of nitrogens with zero attached hydrogens (tertiary/aromatic N) is 1. The molecular formula is C13H19ClN2O3. The molecule has 1 aromatic carbocycles. The topological polar surface area (TPSA) is 61.8 Å². The van der Waals surface area contributed by atoms with Crippen molar-refractivity contribution in [2.75, 3.05) is 27.2 Å². The fourth-order valence-corrected chi connectivity index (χ4v) is 1.98. The molecule has 0 aliphatic heterocycles. The Balaban J connectivity index is 2.76. The minimum absolute atomic E-state index is 0.0506. The van der Waals surface area contributed by atoms with Crippen LogP contribution in [0.4, 0.5) is 0 Å². The van der Waals surface area contributed by atoms with Gasteiger partial charge in [0.15, 0.2) is 11.5 Å². The van der Waals surface area contributed by atoms with Gasteiger partial charge in [0, 0.05) is 29.7 Å². The molecule has 0 saturated carbocycles. The maximum Gasteiger partial charge on any atom is 0.234 e. The molecule has 0 aliphatic rings. The second kappa shape index (κ2) is 7.21. The molecule has 0 spiro atoms. The number of phenols is 1. The zero-order valence-electron chi connectivity index (χ0n) is 11.4. The molecular weight excluding hydrogens is 268 g/mol. The highest BCUT2D eigenvalue weighted by Crippen LogP contribution is 2.33. The van der Waals surface area contributed by atoms with Crippen molar-refractivity contribution in [3.05, 3.63) is 22.7 Å². The van der Waals surface area contributed by atoms with Crippen LogP contribution in [0.1, 0.15) is 12.5 Å². The summed E-state index contributed by atoms with van der Waals surface area (Å²) in [7, 11) is 3.26. The number of hydrogen-bond acceptors (Lipinski definition) is 4. The van der Waals surface area contributed by atoms with Crippen LogP contribution < -0.4 is 10.1 Å². The number of phenolic OH excluding ortho intramolecular Hbond substituents is 1. The van der Waals surface area contributed by atoms with E-state index in [2.05, 4.69) is 5.32 Å². The number of rotatable bonds is 6. The number of likely N-dealkylation sites (N-methyl/N-ethyl adjacent to an activating group) is 2. The molecule has 1 amide bonds. The molecule has 0 saturated heterocycles. The van der Waals surface area contributed by atoms with Crippen LogP contribution in [-0.4, -0.2) is 43.2 Å². The summed E-state index contributed by atoms with van der Waals surface area (Å²) in [6.07, 6.45) is 0. The van der Waals surface area contributed by atoms with E-state index in [4.69, 9.17) is 16.3 Å². The number of halogens is 1. The van der Waals surface area contributed by atoms with E-state index in [1.165, 1.54) is 7.11 Å². The number of carbonyl (C=O) groups excluding carboxylic acids is 1. The molecule has 2 N–H and O–H groups in total. The van der Waals surface area contributed by atoms with Gasteiger partial charge in [0.2, 0.25) is 5.91 Å². The van der Waals surface area contributed by atoms with Crippen LogP contribution in [0.2, 0.25) is 5.02 Å². The van der Waals surface area contributed by atoms with Crippen molar-refractivity contribution >= 4 is 17.5 Å². The number of carbonyl (C=O) groups is 1. The first-order valence-electron chi connectivity index (χ1n) is 5.98. The van der Waals surface area contributed by atoms with E-state index in [0.29, 0.717) is 29.4 Å². The van der Waals surface area contributed by atoms with Crippen LogP contribution in [-0.2, 0) is 11.3 Å². The lowest BCUT2D eigenvalue weighted by molar-refractivity contribution is -0.121. The van der Waals surface area contributed by atoms with Gasteiger partial charge in [-0.15, -0.1) is 0 Å². The highest BCUT2D eigenvalue weighted by atomic mass is 35.5. The number of ether oxygens (including phenoxy) is 1. The van der Waals surface area contributed by atoms with Crippen LogP contribution >= 0.6 is 11.6 Å². The number of amides is 1. The highest BCUT2D eigenvalue weighted by Gasteiger charge is 2.13. The molecule has 0 aliphatic carbocycles. The van der Waals surface area contributed by atoms with Gasteiger partial charge in [-0.25, -0.2) is 0 Å². The van der Waals surface area contributed by atoms with Crippen molar-refractivity contribution in [3.8, 4) is 11.5 Å². The van der Waals surface area contributed by atoms with Crippen molar-refractivity contribution < 1.29 is 14.6 Å². The maximum absolute atomic E-state index is 11.5. The lowest BCUT2D eigenvalue weighted by Gasteiger charge is -2.18. The Kier molecular flexibility index (Phi) is 5.92. The van der Waals surface area contributed by atoms with E-state index in [0.717, 1.165) is 0 Å². The standard InChI is InChI=1S/C13H19ClN2O3/c1-4-15-12(17)8-16(2)7-9-5-10(14)6-11(19-3)13(9)18/h5-6,18H,4,7-8H2,1-3H3,(H,15,17). The minimum atomic E-state index is -0.0570. The normalized spacial score (nSPS) is 10.6. The molecule has 19 heavy (non-hydrogen) atoms. The Morgan fingerprint density at radius 2 is 2.21 bits per heavy atom. The highest BCUT2D eigenvalue weighted by molar-refractivity contribution is 6.30. The number of nitrogens with one attached hydrogen (secondary N) is 1. The first kappa shape index (κ1) is 15.6. The second-order valence-electron chi connectivity index (χ2n) is 4.24. The Bertz CT molecular complexity index is 452. The monoisotopic (exact) mass is 286 g/mol. The van der Waals surface area contributed by atoms with E-state index >= 15 is 0 Å². The summed E-state index contributed by atoms with van der Waals surface area (Å²) in [4.78, 5) is 13.2. The third kappa shape index (κ3) is 4.61. The quantitative estimate of drug-likeness (QED) is 0.834. The molecule has 0 unspecified atom stereocenters. The van der Waals surface area contributed by atoms with E-state index in [-0.39, 0.29) is 18.2 Å². The zero-order valence-corrected chi connectivity index (χ0v) is 12.1. The third-order valence-electron chi connectivity index (χ3n) is 2.57. The van der Waals surface area contributed by atoms with Gasteiger partial charge in [-0.05, 0) is 20.0 Å². The molecule has 0 aromatic heterocycles. The van der Waals surface area contributed by atoms with Crippen molar-refractivity contribution in [3.63, 3.8) is 0 Å². The van der Waals surface area contributed by atoms with Crippen LogP contribution in [0.25, 0.3) is 0 Å². The van der Waals surface area contributed by atoms with Crippen LogP contribution in [0.5, 0.6) is 11.5 Å². The predicted molar refractivity (Wildman–Crippen MR) is 74.7 cm³/mol. The SMILES string of the molecule is CCNC(=O)CN(C)Cc1cc(Cl)cc(OC)c1O. The fourth-order valence-electron chi connectivity index (χ4n) is 1.75. The largest absolute Gasteiger partial charge is 0.504 e. The van der Waals surface area contributed by atoms with Gasteiger partial charge < -0.3 is 15.2 Å². The number of hydrogen-bond donors (Lipinski definition) is 2. The average molecular weight is 287 g/mol. The number of benzene rings is 1. The molecule has 0 bridgehead atoms. The first-order chi connectivity index (χ1) is 8.97. The minimum Gasteiger partial charge on any atom is -0.504 e. The van der Waals surface area contributed by atoms with E-state index in [9.17, 15) is 9.90 Å². The molecule has 6 heteroatoms. The Morgan fingerprint density at radius 3 is 2.79 bits per heavy atom. The maximum atomic E-state index is 11.5. The number of aromatic hydroxyl groups is 1. The fraction of sp³-hybridized carbons (Fsp3) is 0.462. The Morgan fingerprint density at radius 1 is 1.53 bits per heavy atom. The van der Waals surface area contributed by atoms with Crippen molar-refractivity contribution in [1.82, 2.24) is 10.2 Å². The molecule has 1 aromatic rings. The lowest BCUT2D eigenvalue weighted by atomic mass is 10.1. The summed E-state index contributed by atoms with van der Waals surface area (Å²) < 4.78 is 5.04. The van der Waals surface area contributed by atoms with Crippen LogP contribution in [0.3, 0.4) is 0 Å².